The van der Waals surface area contributed by atoms with Gasteiger partial charge in [0.15, 0.2) is 6.61 Å². The minimum atomic E-state index is -0.231. The number of hydrogen-bond donors (Lipinski definition) is 1. The summed E-state index contributed by atoms with van der Waals surface area (Å²) < 4.78 is 7.05. The van der Waals surface area contributed by atoms with Gasteiger partial charge in [-0.2, -0.15) is 0 Å². The van der Waals surface area contributed by atoms with E-state index in [1.807, 2.05) is 61.5 Å². The van der Waals surface area contributed by atoms with Gasteiger partial charge in [-0.3, -0.25) is 4.79 Å². The van der Waals surface area contributed by atoms with E-state index < -0.39 is 0 Å². The highest BCUT2D eigenvalue weighted by Crippen LogP contribution is 2.23. The molecule has 6 heteroatoms. The quantitative estimate of drug-likeness (QED) is 0.736. The minimum absolute atomic E-state index is 0.141. The predicted molar refractivity (Wildman–Crippen MR) is 97.1 cm³/mol. The van der Waals surface area contributed by atoms with E-state index in [4.69, 9.17) is 16.3 Å². The van der Waals surface area contributed by atoms with Crippen molar-refractivity contribution in [2.24, 2.45) is 0 Å². The van der Waals surface area contributed by atoms with Crippen molar-refractivity contribution in [3.63, 3.8) is 0 Å². The SMILES string of the molecule is Cc1ccc(CNC(=O)COc2nn(-c3ccccc3)cc2Cl)cc1. The van der Waals surface area contributed by atoms with Gasteiger partial charge < -0.3 is 10.1 Å². The van der Waals surface area contributed by atoms with Gasteiger partial charge in [0.05, 0.1) is 11.9 Å². The Kier molecular flexibility index (Phi) is 5.36. The Balaban J connectivity index is 1.53. The third kappa shape index (κ3) is 4.61. The average molecular weight is 356 g/mol. The molecule has 0 unspecified atom stereocenters. The number of para-hydroxylation sites is 1. The van der Waals surface area contributed by atoms with Crippen molar-refractivity contribution in [1.29, 1.82) is 0 Å². The Labute approximate surface area is 151 Å². The maximum Gasteiger partial charge on any atom is 0.258 e. The Hall–Kier alpha value is -2.79. The molecule has 1 N–H and O–H groups in total. The Morgan fingerprint density at radius 3 is 2.60 bits per heavy atom. The van der Waals surface area contributed by atoms with Gasteiger partial charge in [-0.05, 0) is 24.6 Å². The second-order valence-corrected chi connectivity index (χ2v) is 6.02. The molecule has 2 aromatic carbocycles. The summed E-state index contributed by atoms with van der Waals surface area (Å²) in [5.74, 6) is 0.00177. The molecule has 128 valence electrons. The molecule has 0 fully saturated rings. The lowest BCUT2D eigenvalue weighted by Crippen LogP contribution is -2.28. The van der Waals surface area contributed by atoms with Crippen LogP contribution in [0.25, 0.3) is 5.69 Å². The van der Waals surface area contributed by atoms with Crippen LogP contribution in [0.15, 0.2) is 60.8 Å². The number of carbonyl (C=O) groups excluding carboxylic acids is 1. The molecule has 3 aromatic rings. The summed E-state index contributed by atoms with van der Waals surface area (Å²) in [4.78, 5) is 11.9. The van der Waals surface area contributed by atoms with Crippen LogP contribution in [0.5, 0.6) is 5.88 Å². The Morgan fingerprint density at radius 2 is 1.88 bits per heavy atom. The van der Waals surface area contributed by atoms with Crippen LogP contribution in [0, 0.1) is 6.92 Å². The van der Waals surface area contributed by atoms with Gasteiger partial charge in [0, 0.05) is 6.54 Å². The fourth-order valence-corrected chi connectivity index (χ4v) is 2.42. The number of amides is 1. The van der Waals surface area contributed by atoms with Crippen LogP contribution >= 0.6 is 11.6 Å². The summed E-state index contributed by atoms with van der Waals surface area (Å²) in [6.07, 6.45) is 1.65. The molecule has 0 aliphatic carbocycles. The zero-order valence-corrected chi connectivity index (χ0v) is 14.5. The first-order chi connectivity index (χ1) is 12.1. The van der Waals surface area contributed by atoms with Crippen LogP contribution in [0.2, 0.25) is 5.02 Å². The topological polar surface area (TPSA) is 56.1 Å². The van der Waals surface area contributed by atoms with Crippen molar-refractivity contribution < 1.29 is 9.53 Å². The number of nitrogens with zero attached hydrogens (tertiary/aromatic N) is 2. The van der Waals surface area contributed by atoms with Crippen molar-refractivity contribution in [2.45, 2.75) is 13.5 Å². The second-order valence-electron chi connectivity index (χ2n) is 5.61. The van der Waals surface area contributed by atoms with Gasteiger partial charge in [0.25, 0.3) is 11.8 Å². The molecule has 0 atom stereocenters. The summed E-state index contributed by atoms with van der Waals surface area (Å²) in [7, 11) is 0. The molecule has 5 nitrogen and oxygen atoms in total. The molecule has 0 bridgehead atoms. The first kappa shape index (κ1) is 17.0. The number of aromatic nitrogens is 2. The summed E-state index contributed by atoms with van der Waals surface area (Å²) in [5.41, 5.74) is 3.08. The maximum atomic E-state index is 11.9. The van der Waals surface area contributed by atoms with Crippen molar-refractivity contribution in [3.8, 4) is 11.6 Å². The van der Waals surface area contributed by atoms with Crippen molar-refractivity contribution in [2.75, 3.05) is 6.61 Å². The third-order valence-electron chi connectivity index (χ3n) is 3.61. The number of halogens is 1. The van der Waals surface area contributed by atoms with E-state index in [-0.39, 0.29) is 18.4 Å². The van der Waals surface area contributed by atoms with E-state index >= 15 is 0 Å². The highest BCUT2D eigenvalue weighted by atomic mass is 35.5. The van der Waals surface area contributed by atoms with E-state index in [0.29, 0.717) is 11.6 Å². The van der Waals surface area contributed by atoms with E-state index in [1.54, 1.807) is 10.9 Å². The molecule has 0 aliphatic heterocycles. The number of benzene rings is 2. The summed E-state index contributed by atoms with van der Waals surface area (Å²) in [6, 6.07) is 17.5. The molecular weight excluding hydrogens is 338 g/mol. The van der Waals surface area contributed by atoms with Gasteiger partial charge >= 0.3 is 0 Å². The van der Waals surface area contributed by atoms with E-state index in [2.05, 4.69) is 10.4 Å². The molecule has 1 aromatic heterocycles. The van der Waals surface area contributed by atoms with Crippen molar-refractivity contribution in [1.82, 2.24) is 15.1 Å². The van der Waals surface area contributed by atoms with Crippen LogP contribution in [-0.2, 0) is 11.3 Å². The first-order valence-corrected chi connectivity index (χ1v) is 8.25. The largest absolute Gasteiger partial charge is 0.465 e. The molecule has 1 amide bonds. The second kappa shape index (κ2) is 7.85. The number of nitrogens with one attached hydrogen (secondary N) is 1. The van der Waals surface area contributed by atoms with E-state index in [9.17, 15) is 4.79 Å². The van der Waals surface area contributed by atoms with Crippen molar-refractivity contribution in [3.05, 3.63) is 76.9 Å². The maximum absolute atomic E-state index is 11.9. The fraction of sp³-hybridized carbons (Fsp3) is 0.158. The molecule has 0 spiro atoms. The molecule has 1 heterocycles. The van der Waals surface area contributed by atoms with Crippen LogP contribution in [0.3, 0.4) is 0 Å². The molecule has 0 aliphatic rings. The number of ether oxygens (including phenoxy) is 1. The lowest BCUT2D eigenvalue weighted by atomic mass is 10.1. The van der Waals surface area contributed by atoms with Crippen LogP contribution in [0.4, 0.5) is 0 Å². The monoisotopic (exact) mass is 355 g/mol. The summed E-state index contributed by atoms with van der Waals surface area (Å²) in [6.45, 7) is 2.33. The zero-order chi connectivity index (χ0) is 17.6. The number of hydrogen-bond acceptors (Lipinski definition) is 3. The smallest absolute Gasteiger partial charge is 0.258 e. The van der Waals surface area contributed by atoms with Gasteiger partial charge in [0.2, 0.25) is 0 Å². The molecule has 0 saturated heterocycles. The molecule has 0 radical (unpaired) electrons. The molecule has 3 rings (SSSR count). The van der Waals surface area contributed by atoms with Crippen LogP contribution in [-0.4, -0.2) is 22.3 Å². The molecule has 25 heavy (non-hydrogen) atoms. The number of rotatable bonds is 6. The van der Waals surface area contributed by atoms with Crippen LogP contribution < -0.4 is 10.1 Å². The standard InChI is InChI=1S/C19H18ClN3O2/c1-14-7-9-15(10-8-14)11-21-18(24)13-25-19-17(20)12-23(22-19)16-5-3-2-4-6-16/h2-10,12H,11,13H2,1H3,(H,21,24). The Bertz CT molecular complexity index is 845. The van der Waals surface area contributed by atoms with E-state index in [0.717, 1.165) is 11.3 Å². The van der Waals surface area contributed by atoms with Gasteiger partial charge in [-0.25, -0.2) is 4.68 Å². The first-order valence-electron chi connectivity index (χ1n) is 7.87. The highest BCUT2D eigenvalue weighted by Gasteiger charge is 2.11. The number of aryl methyl sites for hydroxylation is 1. The predicted octanol–water partition coefficient (Wildman–Crippen LogP) is 3.53. The van der Waals surface area contributed by atoms with Gasteiger partial charge in [-0.15, -0.1) is 5.10 Å². The van der Waals surface area contributed by atoms with Crippen LogP contribution in [0.1, 0.15) is 11.1 Å². The van der Waals surface area contributed by atoms with Crippen molar-refractivity contribution >= 4 is 17.5 Å². The normalized spacial score (nSPS) is 10.5. The average Bonchev–Trinajstić information content (AvgIpc) is 3.01. The molecule has 0 saturated carbocycles. The fourth-order valence-electron chi connectivity index (χ4n) is 2.24. The highest BCUT2D eigenvalue weighted by molar-refractivity contribution is 6.31. The number of carbonyl (C=O) groups is 1. The minimum Gasteiger partial charge on any atom is -0.465 e. The molecular formula is C19H18ClN3O2. The lowest BCUT2D eigenvalue weighted by molar-refractivity contribution is -0.123. The zero-order valence-electron chi connectivity index (χ0n) is 13.8. The lowest BCUT2D eigenvalue weighted by Gasteiger charge is -2.06. The van der Waals surface area contributed by atoms with E-state index in [1.165, 1.54) is 5.56 Å². The summed E-state index contributed by atoms with van der Waals surface area (Å²) in [5, 5.41) is 7.42. The Morgan fingerprint density at radius 1 is 1.16 bits per heavy atom. The van der Waals surface area contributed by atoms with Gasteiger partial charge in [0.1, 0.15) is 5.02 Å². The third-order valence-corrected chi connectivity index (χ3v) is 3.87. The van der Waals surface area contributed by atoms with Gasteiger partial charge in [-0.1, -0.05) is 59.6 Å². The summed E-state index contributed by atoms with van der Waals surface area (Å²) >= 11 is 6.13.